The molecule has 100 valence electrons. The van der Waals surface area contributed by atoms with Gasteiger partial charge in [-0.1, -0.05) is 0 Å². The van der Waals surface area contributed by atoms with Gasteiger partial charge < -0.3 is 5.11 Å². The van der Waals surface area contributed by atoms with Crippen LogP contribution < -0.4 is 0 Å². The number of ketones is 1. The molecule has 1 N–H and O–H groups in total. The molecule has 0 spiro atoms. The summed E-state index contributed by atoms with van der Waals surface area (Å²) in [6.07, 6.45) is 0. The fourth-order valence-corrected chi connectivity index (χ4v) is 1.31. The highest BCUT2D eigenvalue weighted by molar-refractivity contribution is 5.97. The first kappa shape index (κ1) is 14.7. The Labute approximate surface area is 105 Å². The van der Waals surface area contributed by atoms with E-state index in [9.17, 15) is 13.6 Å². The zero-order valence-corrected chi connectivity index (χ0v) is 10.7. The summed E-state index contributed by atoms with van der Waals surface area (Å²) in [5.41, 5.74) is -0.427. The lowest BCUT2D eigenvalue weighted by atomic mass is 10.0. The van der Waals surface area contributed by atoms with Gasteiger partial charge >= 0.3 is 0 Å². The van der Waals surface area contributed by atoms with Gasteiger partial charge in [0.1, 0.15) is 0 Å². The van der Waals surface area contributed by atoms with Crippen LogP contribution in [-0.4, -0.2) is 41.5 Å². The van der Waals surface area contributed by atoms with E-state index in [2.05, 4.69) is 0 Å². The van der Waals surface area contributed by atoms with Gasteiger partial charge in [0, 0.05) is 11.1 Å². The average Bonchev–Trinajstić information content (AvgIpc) is 2.32. The molecule has 18 heavy (non-hydrogen) atoms. The molecule has 0 unspecified atom stereocenters. The van der Waals surface area contributed by atoms with Crippen LogP contribution in [0.3, 0.4) is 0 Å². The molecule has 1 aromatic rings. The number of likely N-dealkylation sites (N-methyl/N-ethyl adjacent to an activating group) is 1. The third-order valence-electron chi connectivity index (χ3n) is 3.04. The molecular weight excluding hydrogens is 240 g/mol. The molecule has 0 fully saturated rings. The average molecular weight is 257 g/mol. The van der Waals surface area contributed by atoms with Crippen molar-refractivity contribution in [3.8, 4) is 0 Å². The van der Waals surface area contributed by atoms with E-state index < -0.39 is 17.2 Å². The Kier molecular flexibility index (Phi) is 4.53. The van der Waals surface area contributed by atoms with Crippen LogP contribution in [0.15, 0.2) is 18.2 Å². The summed E-state index contributed by atoms with van der Waals surface area (Å²) in [5.74, 6) is -2.33. The second kappa shape index (κ2) is 5.54. The Morgan fingerprint density at radius 2 is 1.94 bits per heavy atom. The van der Waals surface area contributed by atoms with Crippen molar-refractivity contribution < 1.29 is 18.7 Å². The predicted octanol–water partition coefficient (Wildman–Crippen LogP) is 1.85. The molecule has 1 rings (SSSR count). The third kappa shape index (κ3) is 3.34. The van der Waals surface area contributed by atoms with E-state index in [-0.39, 0.29) is 24.5 Å². The second-order valence-electron chi connectivity index (χ2n) is 4.88. The van der Waals surface area contributed by atoms with Crippen LogP contribution in [0.2, 0.25) is 0 Å². The summed E-state index contributed by atoms with van der Waals surface area (Å²) in [5, 5.41) is 9.17. The minimum absolute atomic E-state index is 0.0264. The summed E-state index contributed by atoms with van der Waals surface area (Å²) in [4.78, 5) is 13.5. The molecule has 1 aromatic carbocycles. The minimum atomic E-state index is -1.04. The molecule has 0 saturated heterocycles. The van der Waals surface area contributed by atoms with Gasteiger partial charge in [0.2, 0.25) is 0 Å². The smallest absolute Gasteiger partial charge is 0.176 e. The van der Waals surface area contributed by atoms with E-state index >= 15 is 0 Å². The van der Waals surface area contributed by atoms with Gasteiger partial charge in [-0.2, -0.15) is 0 Å². The number of carbonyl (C=O) groups excluding carboxylic acids is 1. The molecule has 0 bridgehead atoms. The largest absolute Gasteiger partial charge is 0.394 e. The van der Waals surface area contributed by atoms with Crippen LogP contribution >= 0.6 is 0 Å². The number of hydrogen-bond acceptors (Lipinski definition) is 3. The maximum Gasteiger partial charge on any atom is 0.176 e. The summed E-state index contributed by atoms with van der Waals surface area (Å²) in [6.45, 7) is 3.49. The van der Waals surface area contributed by atoms with Crippen molar-refractivity contribution in [3.05, 3.63) is 35.4 Å². The van der Waals surface area contributed by atoms with Crippen molar-refractivity contribution in [1.29, 1.82) is 0 Å². The van der Waals surface area contributed by atoms with Crippen LogP contribution in [0.4, 0.5) is 8.78 Å². The van der Waals surface area contributed by atoms with E-state index in [0.29, 0.717) is 0 Å². The maximum absolute atomic E-state index is 13.0. The number of aliphatic hydroxyl groups is 1. The van der Waals surface area contributed by atoms with Gasteiger partial charge in [0.15, 0.2) is 17.4 Å². The Morgan fingerprint density at radius 3 is 2.44 bits per heavy atom. The van der Waals surface area contributed by atoms with E-state index in [4.69, 9.17) is 5.11 Å². The number of Topliss-reactive ketones (excluding diaryl/α,β-unsaturated/α-hetero) is 1. The zero-order chi connectivity index (χ0) is 13.9. The number of hydrogen-bond donors (Lipinski definition) is 1. The topological polar surface area (TPSA) is 40.5 Å². The van der Waals surface area contributed by atoms with Crippen LogP contribution in [-0.2, 0) is 0 Å². The van der Waals surface area contributed by atoms with Gasteiger partial charge in [-0.25, -0.2) is 8.78 Å². The number of carbonyl (C=O) groups is 1. The fourth-order valence-electron chi connectivity index (χ4n) is 1.31. The van der Waals surface area contributed by atoms with Crippen molar-refractivity contribution in [2.24, 2.45) is 0 Å². The number of aliphatic hydroxyl groups excluding tert-OH is 1. The Balaban J connectivity index is 2.80. The number of nitrogens with zero attached hydrogens (tertiary/aromatic N) is 1. The lowest BCUT2D eigenvalue weighted by Crippen LogP contribution is -2.46. The van der Waals surface area contributed by atoms with Crippen molar-refractivity contribution in [3.63, 3.8) is 0 Å². The lowest BCUT2D eigenvalue weighted by molar-refractivity contribution is 0.0659. The minimum Gasteiger partial charge on any atom is -0.394 e. The predicted molar refractivity (Wildman–Crippen MR) is 64.5 cm³/mol. The fraction of sp³-hybridized carbons (Fsp3) is 0.462. The summed E-state index contributed by atoms with van der Waals surface area (Å²) < 4.78 is 25.7. The molecule has 5 heteroatoms. The van der Waals surface area contributed by atoms with Crippen molar-refractivity contribution in [2.75, 3.05) is 20.2 Å². The lowest BCUT2D eigenvalue weighted by Gasteiger charge is -2.33. The monoisotopic (exact) mass is 257 g/mol. The SMILES string of the molecule is CN(CC(=O)c1ccc(F)c(F)c1)C(C)(C)CO. The standard InChI is InChI=1S/C13H17F2NO2/c1-13(2,8-17)16(3)7-12(18)9-4-5-10(14)11(15)6-9/h4-6,17H,7-8H2,1-3H3. The molecule has 0 radical (unpaired) electrons. The number of halogens is 2. The molecule has 0 aliphatic carbocycles. The van der Waals surface area contributed by atoms with Crippen molar-refractivity contribution in [2.45, 2.75) is 19.4 Å². The van der Waals surface area contributed by atoms with E-state index in [1.807, 2.05) is 0 Å². The van der Waals surface area contributed by atoms with Crippen LogP contribution in [0.5, 0.6) is 0 Å². The van der Waals surface area contributed by atoms with Gasteiger partial charge in [0.05, 0.1) is 13.2 Å². The molecule has 3 nitrogen and oxygen atoms in total. The molecule has 0 atom stereocenters. The molecule has 0 aliphatic heterocycles. The van der Waals surface area contributed by atoms with Gasteiger partial charge in [-0.3, -0.25) is 9.69 Å². The summed E-state index contributed by atoms with van der Waals surface area (Å²) in [6, 6.07) is 3.07. The number of benzene rings is 1. The molecular formula is C13H17F2NO2. The highest BCUT2D eigenvalue weighted by Gasteiger charge is 2.24. The van der Waals surface area contributed by atoms with Gasteiger partial charge in [0.25, 0.3) is 0 Å². The van der Waals surface area contributed by atoms with Crippen LogP contribution in [0, 0.1) is 11.6 Å². The normalized spacial score (nSPS) is 11.9. The first-order chi connectivity index (χ1) is 8.27. The highest BCUT2D eigenvalue weighted by Crippen LogP contribution is 2.14. The first-order valence-corrected chi connectivity index (χ1v) is 5.58. The summed E-state index contributed by atoms with van der Waals surface area (Å²) in [7, 11) is 1.69. The van der Waals surface area contributed by atoms with E-state index in [0.717, 1.165) is 12.1 Å². The Hall–Kier alpha value is -1.33. The molecule has 0 heterocycles. The van der Waals surface area contributed by atoms with E-state index in [1.54, 1.807) is 25.8 Å². The second-order valence-corrected chi connectivity index (χ2v) is 4.88. The first-order valence-electron chi connectivity index (χ1n) is 5.58. The molecule has 0 aliphatic rings. The zero-order valence-electron chi connectivity index (χ0n) is 10.7. The Bertz CT molecular complexity index is 447. The summed E-state index contributed by atoms with van der Waals surface area (Å²) >= 11 is 0. The molecule has 0 saturated carbocycles. The third-order valence-corrected chi connectivity index (χ3v) is 3.04. The number of rotatable bonds is 5. The molecule has 0 aromatic heterocycles. The van der Waals surface area contributed by atoms with Crippen LogP contribution in [0.1, 0.15) is 24.2 Å². The quantitative estimate of drug-likeness (QED) is 0.818. The molecule has 0 amide bonds. The van der Waals surface area contributed by atoms with Crippen LogP contribution in [0.25, 0.3) is 0 Å². The van der Waals surface area contributed by atoms with Crippen molar-refractivity contribution in [1.82, 2.24) is 4.90 Å². The van der Waals surface area contributed by atoms with E-state index in [1.165, 1.54) is 6.07 Å². The van der Waals surface area contributed by atoms with Gasteiger partial charge in [-0.05, 0) is 39.1 Å². The Morgan fingerprint density at radius 1 is 1.33 bits per heavy atom. The van der Waals surface area contributed by atoms with Crippen molar-refractivity contribution >= 4 is 5.78 Å². The maximum atomic E-state index is 13.0. The van der Waals surface area contributed by atoms with Gasteiger partial charge in [-0.15, -0.1) is 0 Å². The highest BCUT2D eigenvalue weighted by atomic mass is 19.2.